The van der Waals surface area contributed by atoms with Gasteiger partial charge >= 0.3 is 6.18 Å². The molecule has 0 aliphatic heterocycles. The zero-order valence-electron chi connectivity index (χ0n) is 10.9. The zero-order valence-corrected chi connectivity index (χ0v) is 10.9. The third-order valence-electron chi connectivity index (χ3n) is 2.48. The van der Waals surface area contributed by atoms with Gasteiger partial charge in [-0.05, 0) is 30.7 Å². The van der Waals surface area contributed by atoms with E-state index in [0.717, 1.165) is 0 Å². The van der Waals surface area contributed by atoms with Gasteiger partial charge in [0.05, 0.1) is 6.10 Å². The normalized spacial score (nSPS) is 12.8. The van der Waals surface area contributed by atoms with E-state index in [9.17, 15) is 23.1 Å². The number of aliphatic hydroxyl groups is 1. The summed E-state index contributed by atoms with van der Waals surface area (Å²) in [5.41, 5.74) is 0.109. The smallest absolute Gasteiger partial charge is 0.405 e. The number of amides is 1. The van der Waals surface area contributed by atoms with Gasteiger partial charge in [-0.2, -0.15) is 13.2 Å². The molecule has 0 saturated heterocycles. The molecule has 0 aromatic heterocycles. The van der Waals surface area contributed by atoms with E-state index in [2.05, 4.69) is 0 Å². The van der Waals surface area contributed by atoms with Crippen molar-refractivity contribution in [2.75, 3.05) is 13.2 Å². The van der Waals surface area contributed by atoms with Crippen molar-refractivity contribution in [3.8, 4) is 5.75 Å². The number of alkyl halides is 3. The van der Waals surface area contributed by atoms with Crippen LogP contribution in [0.25, 0.3) is 0 Å². The van der Waals surface area contributed by atoms with Crippen molar-refractivity contribution in [2.45, 2.75) is 25.6 Å². The van der Waals surface area contributed by atoms with E-state index in [1.807, 2.05) is 6.92 Å². The third-order valence-corrected chi connectivity index (χ3v) is 2.48. The lowest BCUT2D eigenvalue weighted by Crippen LogP contribution is -2.33. The van der Waals surface area contributed by atoms with E-state index in [0.29, 0.717) is 12.2 Å². The maximum absolute atomic E-state index is 11.9. The summed E-state index contributed by atoms with van der Waals surface area (Å²) in [4.78, 5) is 11.4. The molecule has 0 radical (unpaired) electrons. The SMILES string of the molecule is CC[C@H](O)COc1ccc(C(=O)NCC(F)(F)F)cc1. The monoisotopic (exact) mass is 291 g/mol. The first-order chi connectivity index (χ1) is 9.31. The maximum Gasteiger partial charge on any atom is 0.405 e. The second-order valence-electron chi connectivity index (χ2n) is 4.20. The van der Waals surface area contributed by atoms with Gasteiger partial charge in [0.25, 0.3) is 5.91 Å². The van der Waals surface area contributed by atoms with Crippen molar-refractivity contribution in [1.29, 1.82) is 0 Å². The van der Waals surface area contributed by atoms with Crippen LogP contribution in [0.2, 0.25) is 0 Å². The summed E-state index contributed by atoms with van der Waals surface area (Å²) in [5.74, 6) is -0.368. The fraction of sp³-hybridized carbons (Fsp3) is 0.462. The molecule has 0 aliphatic carbocycles. The molecule has 0 heterocycles. The highest BCUT2D eigenvalue weighted by molar-refractivity contribution is 5.94. The van der Waals surface area contributed by atoms with E-state index in [-0.39, 0.29) is 12.2 Å². The van der Waals surface area contributed by atoms with Gasteiger partial charge in [0.2, 0.25) is 0 Å². The lowest BCUT2D eigenvalue weighted by atomic mass is 10.2. The highest BCUT2D eigenvalue weighted by Gasteiger charge is 2.27. The molecule has 4 nitrogen and oxygen atoms in total. The molecule has 0 saturated carbocycles. The number of ether oxygens (including phenoxy) is 1. The highest BCUT2D eigenvalue weighted by Crippen LogP contribution is 2.15. The van der Waals surface area contributed by atoms with Gasteiger partial charge < -0.3 is 15.2 Å². The molecule has 1 aromatic carbocycles. The summed E-state index contributed by atoms with van der Waals surface area (Å²) in [7, 11) is 0. The van der Waals surface area contributed by atoms with Gasteiger partial charge in [0.15, 0.2) is 0 Å². The van der Waals surface area contributed by atoms with E-state index < -0.39 is 24.7 Å². The van der Waals surface area contributed by atoms with Gasteiger partial charge in [-0.15, -0.1) is 0 Å². The summed E-state index contributed by atoms with van der Waals surface area (Å²) >= 11 is 0. The molecule has 1 atom stereocenters. The molecule has 7 heteroatoms. The molecular weight excluding hydrogens is 275 g/mol. The fourth-order valence-electron chi connectivity index (χ4n) is 1.30. The van der Waals surface area contributed by atoms with Gasteiger partial charge in [-0.3, -0.25) is 4.79 Å². The van der Waals surface area contributed by atoms with Crippen LogP contribution in [0.1, 0.15) is 23.7 Å². The maximum atomic E-state index is 11.9. The lowest BCUT2D eigenvalue weighted by molar-refractivity contribution is -0.123. The quantitative estimate of drug-likeness (QED) is 0.844. The van der Waals surface area contributed by atoms with Crippen LogP contribution in [-0.4, -0.2) is 36.4 Å². The Balaban J connectivity index is 2.51. The Morgan fingerprint density at radius 2 is 1.95 bits per heavy atom. The van der Waals surface area contributed by atoms with Crippen LogP contribution in [0.15, 0.2) is 24.3 Å². The van der Waals surface area contributed by atoms with E-state index in [1.165, 1.54) is 24.3 Å². The number of aliphatic hydroxyl groups excluding tert-OH is 1. The minimum atomic E-state index is -4.44. The highest BCUT2D eigenvalue weighted by atomic mass is 19.4. The summed E-state index contributed by atoms with van der Waals surface area (Å²) in [6.07, 6.45) is -4.46. The number of hydrogen-bond acceptors (Lipinski definition) is 3. The third kappa shape index (κ3) is 5.92. The molecule has 0 aliphatic rings. The summed E-state index contributed by atoms with van der Waals surface area (Å²) in [6, 6.07) is 5.65. The van der Waals surface area contributed by atoms with Gasteiger partial charge in [0, 0.05) is 5.56 Å². The minimum absolute atomic E-state index is 0.109. The first kappa shape index (κ1) is 16.3. The number of rotatable bonds is 6. The number of benzene rings is 1. The molecule has 0 bridgehead atoms. The Morgan fingerprint density at radius 3 is 2.45 bits per heavy atom. The number of hydrogen-bond donors (Lipinski definition) is 2. The number of carbonyl (C=O) groups is 1. The molecule has 1 amide bonds. The van der Waals surface area contributed by atoms with Gasteiger partial charge in [-0.25, -0.2) is 0 Å². The topological polar surface area (TPSA) is 58.6 Å². The van der Waals surface area contributed by atoms with Crippen LogP contribution in [-0.2, 0) is 0 Å². The predicted octanol–water partition coefficient (Wildman–Crippen LogP) is 2.13. The van der Waals surface area contributed by atoms with Crippen LogP contribution in [0, 0.1) is 0 Å². The van der Waals surface area contributed by atoms with E-state index in [4.69, 9.17) is 4.74 Å². The molecule has 112 valence electrons. The Morgan fingerprint density at radius 1 is 1.35 bits per heavy atom. The average Bonchev–Trinajstić information content (AvgIpc) is 2.41. The van der Waals surface area contributed by atoms with Crippen molar-refractivity contribution in [2.24, 2.45) is 0 Å². The first-order valence-corrected chi connectivity index (χ1v) is 6.07. The lowest BCUT2D eigenvalue weighted by Gasteiger charge is -2.11. The molecule has 0 unspecified atom stereocenters. The molecule has 0 spiro atoms. The fourth-order valence-corrected chi connectivity index (χ4v) is 1.30. The summed E-state index contributed by atoms with van der Waals surface area (Å²) in [6.45, 7) is 0.561. The second-order valence-corrected chi connectivity index (χ2v) is 4.20. The summed E-state index contributed by atoms with van der Waals surface area (Å²) in [5, 5.41) is 11.1. The van der Waals surface area contributed by atoms with Crippen LogP contribution >= 0.6 is 0 Å². The van der Waals surface area contributed by atoms with Crippen LogP contribution in [0.5, 0.6) is 5.75 Å². The standard InChI is InChI=1S/C13H16F3NO3/c1-2-10(18)7-20-11-5-3-9(4-6-11)12(19)17-8-13(14,15)16/h3-6,10,18H,2,7-8H2,1H3,(H,17,19)/t10-/m0/s1. The molecule has 0 fully saturated rings. The van der Waals surface area contributed by atoms with E-state index in [1.54, 1.807) is 5.32 Å². The van der Waals surface area contributed by atoms with Crippen molar-refractivity contribution < 1.29 is 27.8 Å². The largest absolute Gasteiger partial charge is 0.491 e. The molecule has 1 rings (SSSR count). The van der Waals surface area contributed by atoms with Crippen molar-refractivity contribution >= 4 is 5.91 Å². The van der Waals surface area contributed by atoms with Gasteiger partial charge in [0.1, 0.15) is 18.9 Å². The van der Waals surface area contributed by atoms with Crippen LogP contribution < -0.4 is 10.1 Å². The Kier molecular flexibility index (Phi) is 5.82. The summed E-state index contributed by atoms with van der Waals surface area (Å²) < 4.78 is 41.1. The molecule has 20 heavy (non-hydrogen) atoms. The van der Waals surface area contributed by atoms with Crippen molar-refractivity contribution in [3.63, 3.8) is 0 Å². The van der Waals surface area contributed by atoms with E-state index >= 15 is 0 Å². The number of carbonyl (C=O) groups excluding carboxylic acids is 1. The first-order valence-electron chi connectivity index (χ1n) is 6.07. The predicted molar refractivity (Wildman–Crippen MR) is 66.6 cm³/mol. The zero-order chi connectivity index (χ0) is 15.2. The van der Waals surface area contributed by atoms with Crippen LogP contribution in [0.3, 0.4) is 0 Å². The molecule has 2 N–H and O–H groups in total. The van der Waals surface area contributed by atoms with Crippen molar-refractivity contribution in [3.05, 3.63) is 29.8 Å². The molecular formula is C13H16F3NO3. The number of nitrogens with one attached hydrogen (secondary N) is 1. The van der Waals surface area contributed by atoms with Crippen LogP contribution in [0.4, 0.5) is 13.2 Å². The Hall–Kier alpha value is -1.76. The Labute approximate surface area is 114 Å². The Bertz CT molecular complexity index is 431. The van der Waals surface area contributed by atoms with Crippen molar-refractivity contribution in [1.82, 2.24) is 5.32 Å². The minimum Gasteiger partial charge on any atom is -0.491 e. The van der Waals surface area contributed by atoms with Gasteiger partial charge in [-0.1, -0.05) is 6.92 Å². The number of halogens is 3. The average molecular weight is 291 g/mol. The molecule has 1 aromatic rings. The second kappa shape index (κ2) is 7.14.